The number of amides is 2. The summed E-state index contributed by atoms with van der Waals surface area (Å²) in [6.07, 6.45) is 1.02. The standard InChI is InChI=1S/C26H31ClFN3O5S2/c1-16(2)12-21(30-26(34)23-13-17-6-3-4-8-22(17)37-23)25(33)29-11-5-7-19(15-32)31-38(35,36)24-10-9-18(28)14-20(24)27/h3-4,6,8-10,13-14,16,19,21,31-32H,5,7,11-12,15H2,1-2H3,(H,29,33)(H,30,34)/t19-,21-/m0/s1. The Morgan fingerprint density at radius 1 is 1.13 bits per heavy atom. The Morgan fingerprint density at radius 3 is 2.53 bits per heavy atom. The number of aliphatic hydroxyl groups excluding tert-OH is 1. The minimum absolute atomic E-state index is 0.153. The van der Waals surface area contributed by atoms with Crippen LogP contribution in [0.3, 0.4) is 0 Å². The number of nitrogens with one attached hydrogen (secondary N) is 3. The van der Waals surface area contributed by atoms with E-state index < -0.39 is 34.5 Å². The van der Waals surface area contributed by atoms with E-state index in [0.717, 1.165) is 28.3 Å². The lowest BCUT2D eigenvalue weighted by atomic mass is 10.0. The largest absolute Gasteiger partial charge is 0.395 e. The summed E-state index contributed by atoms with van der Waals surface area (Å²) in [4.78, 5) is 26.0. The van der Waals surface area contributed by atoms with Crippen molar-refractivity contribution >= 4 is 54.9 Å². The molecule has 2 aromatic carbocycles. The van der Waals surface area contributed by atoms with Crippen LogP contribution in [0.1, 0.15) is 42.8 Å². The Kier molecular flexibility index (Phi) is 10.6. The van der Waals surface area contributed by atoms with Crippen LogP contribution in [-0.2, 0) is 14.8 Å². The van der Waals surface area contributed by atoms with Crippen LogP contribution >= 0.6 is 22.9 Å². The van der Waals surface area contributed by atoms with E-state index in [2.05, 4.69) is 15.4 Å². The molecular weight excluding hydrogens is 553 g/mol. The smallest absolute Gasteiger partial charge is 0.262 e. The maximum absolute atomic E-state index is 13.3. The highest BCUT2D eigenvalue weighted by molar-refractivity contribution is 7.89. The van der Waals surface area contributed by atoms with E-state index in [1.165, 1.54) is 11.3 Å². The van der Waals surface area contributed by atoms with Gasteiger partial charge in [-0.3, -0.25) is 9.59 Å². The lowest BCUT2D eigenvalue weighted by Crippen LogP contribution is -2.47. The molecular formula is C26H31ClFN3O5S2. The Hall–Kier alpha value is -2.57. The van der Waals surface area contributed by atoms with Crippen LogP contribution in [0.25, 0.3) is 10.1 Å². The lowest BCUT2D eigenvalue weighted by Gasteiger charge is -2.21. The number of sulfonamides is 1. The number of halogens is 2. The first-order chi connectivity index (χ1) is 18.0. The minimum atomic E-state index is -4.09. The number of hydrogen-bond acceptors (Lipinski definition) is 6. The SMILES string of the molecule is CC(C)C[C@H](NC(=O)c1cc2ccccc2s1)C(=O)NCCC[C@@H](CO)NS(=O)(=O)c1ccc(F)cc1Cl. The summed E-state index contributed by atoms with van der Waals surface area (Å²) in [5, 5.41) is 16.0. The van der Waals surface area contributed by atoms with Gasteiger partial charge in [0.2, 0.25) is 15.9 Å². The van der Waals surface area contributed by atoms with Crippen LogP contribution in [0.2, 0.25) is 5.02 Å². The molecule has 1 aromatic heterocycles. The third-order valence-electron chi connectivity index (χ3n) is 5.73. The van der Waals surface area contributed by atoms with Crippen LogP contribution in [0, 0.1) is 11.7 Å². The summed E-state index contributed by atoms with van der Waals surface area (Å²) < 4.78 is 41.8. The van der Waals surface area contributed by atoms with E-state index in [1.807, 2.05) is 38.1 Å². The van der Waals surface area contributed by atoms with Crippen LogP contribution in [0.5, 0.6) is 0 Å². The number of benzene rings is 2. The van der Waals surface area contributed by atoms with Crippen molar-refractivity contribution in [1.82, 2.24) is 15.4 Å². The fourth-order valence-electron chi connectivity index (χ4n) is 3.87. The van der Waals surface area contributed by atoms with Crippen molar-refractivity contribution in [3.05, 3.63) is 64.2 Å². The molecule has 0 aliphatic rings. The zero-order valence-corrected chi connectivity index (χ0v) is 23.4. The molecule has 0 unspecified atom stereocenters. The predicted molar refractivity (Wildman–Crippen MR) is 147 cm³/mol. The zero-order valence-electron chi connectivity index (χ0n) is 21.0. The molecule has 2 atom stereocenters. The first-order valence-corrected chi connectivity index (χ1v) is 14.8. The Balaban J connectivity index is 1.53. The topological polar surface area (TPSA) is 125 Å². The highest BCUT2D eigenvalue weighted by Gasteiger charge is 2.25. The molecule has 0 aliphatic carbocycles. The minimum Gasteiger partial charge on any atom is -0.395 e. The van der Waals surface area contributed by atoms with Gasteiger partial charge in [-0.2, -0.15) is 0 Å². The molecule has 0 aliphatic heterocycles. The van der Waals surface area contributed by atoms with Gasteiger partial charge in [-0.15, -0.1) is 11.3 Å². The average Bonchev–Trinajstić information content (AvgIpc) is 3.29. The van der Waals surface area contributed by atoms with Gasteiger partial charge in [0.25, 0.3) is 5.91 Å². The highest BCUT2D eigenvalue weighted by atomic mass is 35.5. The van der Waals surface area contributed by atoms with Gasteiger partial charge in [0.1, 0.15) is 16.8 Å². The van der Waals surface area contributed by atoms with Crippen molar-refractivity contribution < 1.29 is 27.5 Å². The number of aliphatic hydroxyl groups is 1. The van der Waals surface area contributed by atoms with E-state index in [0.29, 0.717) is 17.7 Å². The Morgan fingerprint density at radius 2 is 1.87 bits per heavy atom. The molecule has 0 fully saturated rings. The van der Waals surface area contributed by atoms with Crippen molar-refractivity contribution in [3.8, 4) is 0 Å². The molecule has 2 amide bonds. The normalized spacial score (nSPS) is 13.4. The van der Waals surface area contributed by atoms with E-state index in [-0.39, 0.29) is 40.6 Å². The Labute approximate surface area is 230 Å². The number of hydrogen-bond donors (Lipinski definition) is 4. The third-order valence-corrected chi connectivity index (χ3v) is 8.85. The Bertz CT molecular complexity index is 1350. The molecule has 12 heteroatoms. The molecule has 0 saturated heterocycles. The summed E-state index contributed by atoms with van der Waals surface area (Å²) in [6, 6.07) is 10.8. The second-order valence-electron chi connectivity index (χ2n) is 9.31. The molecule has 3 rings (SSSR count). The maximum atomic E-state index is 13.3. The number of thiophene rings is 1. The summed E-state index contributed by atoms with van der Waals surface area (Å²) in [5.41, 5.74) is 0. The van der Waals surface area contributed by atoms with Gasteiger partial charge < -0.3 is 15.7 Å². The second-order valence-corrected chi connectivity index (χ2v) is 12.5. The first kappa shape index (κ1) is 30.0. The van der Waals surface area contributed by atoms with E-state index in [1.54, 1.807) is 6.07 Å². The van der Waals surface area contributed by atoms with Gasteiger partial charge in [-0.05, 0) is 60.9 Å². The van der Waals surface area contributed by atoms with Crippen molar-refractivity contribution in [2.45, 2.75) is 50.1 Å². The molecule has 0 spiro atoms. The molecule has 206 valence electrons. The van der Waals surface area contributed by atoms with Crippen LogP contribution in [0.4, 0.5) is 4.39 Å². The van der Waals surface area contributed by atoms with Crippen LogP contribution < -0.4 is 15.4 Å². The van der Waals surface area contributed by atoms with E-state index >= 15 is 0 Å². The molecule has 8 nitrogen and oxygen atoms in total. The van der Waals surface area contributed by atoms with Crippen LogP contribution in [0.15, 0.2) is 53.4 Å². The molecule has 38 heavy (non-hydrogen) atoms. The molecule has 4 N–H and O–H groups in total. The number of fused-ring (bicyclic) bond motifs is 1. The van der Waals surface area contributed by atoms with E-state index in [9.17, 15) is 27.5 Å². The fourth-order valence-corrected chi connectivity index (χ4v) is 6.63. The molecule has 0 radical (unpaired) electrons. The van der Waals surface area contributed by atoms with Gasteiger partial charge in [-0.25, -0.2) is 17.5 Å². The number of rotatable bonds is 13. The molecule has 0 saturated carbocycles. The predicted octanol–water partition coefficient (Wildman–Crippen LogP) is 4.07. The van der Waals surface area contributed by atoms with Gasteiger partial charge in [-0.1, -0.05) is 43.6 Å². The number of carbonyl (C=O) groups is 2. The zero-order chi connectivity index (χ0) is 27.9. The van der Waals surface area contributed by atoms with Crippen molar-refractivity contribution in [2.75, 3.05) is 13.2 Å². The molecule has 0 bridgehead atoms. The number of carbonyl (C=O) groups excluding carboxylic acids is 2. The quantitative estimate of drug-likeness (QED) is 0.226. The van der Waals surface area contributed by atoms with Gasteiger partial charge in [0.15, 0.2) is 0 Å². The molecule has 1 heterocycles. The van der Waals surface area contributed by atoms with Crippen molar-refractivity contribution in [2.24, 2.45) is 5.92 Å². The van der Waals surface area contributed by atoms with Crippen LogP contribution in [-0.4, -0.2) is 50.6 Å². The molecule has 3 aromatic rings. The maximum Gasteiger partial charge on any atom is 0.262 e. The summed E-state index contributed by atoms with van der Waals surface area (Å²) >= 11 is 7.22. The van der Waals surface area contributed by atoms with E-state index in [4.69, 9.17) is 11.6 Å². The summed E-state index contributed by atoms with van der Waals surface area (Å²) in [7, 11) is -4.09. The third kappa shape index (κ3) is 8.21. The average molecular weight is 584 g/mol. The van der Waals surface area contributed by atoms with Crippen molar-refractivity contribution in [3.63, 3.8) is 0 Å². The van der Waals surface area contributed by atoms with Gasteiger partial charge in [0.05, 0.1) is 16.5 Å². The summed E-state index contributed by atoms with van der Waals surface area (Å²) in [5.74, 6) is -1.17. The van der Waals surface area contributed by atoms with Gasteiger partial charge >= 0.3 is 0 Å². The monoisotopic (exact) mass is 583 g/mol. The lowest BCUT2D eigenvalue weighted by molar-refractivity contribution is -0.123. The summed E-state index contributed by atoms with van der Waals surface area (Å²) in [6.45, 7) is 3.64. The fraction of sp³-hybridized carbons (Fsp3) is 0.385. The van der Waals surface area contributed by atoms with Crippen molar-refractivity contribution in [1.29, 1.82) is 0 Å². The first-order valence-electron chi connectivity index (χ1n) is 12.2. The second kappa shape index (κ2) is 13.5. The van der Waals surface area contributed by atoms with Gasteiger partial charge in [0, 0.05) is 17.3 Å². The highest BCUT2D eigenvalue weighted by Crippen LogP contribution is 2.25.